The Labute approximate surface area is 216 Å². The molecular weight excluding hydrogens is 468 g/mol. The third-order valence-electron chi connectivity index (χ3n) is 6.14. The molecule has 3 aromatic rings. The van der Waals surface area contributed by atoms with Crippen LogP contribution in [0.1, 0.15) is 54.1 Å². The Morgan fingerprint density at radius 3 is 2.41 bits per heavy atom. The highest BCUT2D eigenvalue weighted by atomic mass is 16.4. The maximum atomic E-state index is 13.2. The Hall–Kier alpha value is -4.33. The molecule has 2 aromatic carbocycles. The number of aromatic nitrogens is 1. The molecule has 0 saturated heterocycles. The highest BCUT2D eigenvalue weighted by Crippen LogP contribution is 2.26. The molecule has 3 rings (SSSR count). The molecule has 37 heavy (non-hydrogen) atoms. The summed E-state index contributed by atoms with van der Waals surface area (Å²) in [5.74, 6) is -1.18. The number of hydrogen-bond acceptors (Lipinski definition) is 5. The van der Waals surface area contributed by atoms with E-state index in [1.54, 1.807) is 12.3 Å². The minimum absolute atomic E-state index is 0.110. The minimum atomic E-state index is -1.17. The van der Waals surface area contributed by atoms with Crippen molar-refractivity contribution >= 4 is 11.9 Å². The maximum Gasteiger partial charge on any atom is 0.326 e. The molecule has 1 atom stereocenters. The second-order valence-corrected chi connectivity index (χ2v) is 9.25. The minimum Gasteiger partial charge on any atom is -0.480 e. The topological polar surface area (TPSA) is 126 Å². The molecule has 8 heteroatoms. The lowest BCUT2D eigenvalue weighted by Crippen LogP contribution is -2.43. The number of hydrogen-bond donors (Lipinski definition) is 4. The van der Waals surface area contributed by atoms with Gasteiger partial charge in [-0.3, -0.25) is 9.59 Å². The van der Waals surface area contributed by atoms with Gasteiger partial charge in [0.05, 0.1) is 12.4 Å². The SMILES string of the molecule is C=C(N)NCCCC(NC(=O)c1cccn(Cc2ccccc2-c2ccc(C(C)C)cc2)c1=O)C(=O)O. The molecule has 1 aromatic heterocycles. The van der Waals surface area contributed by atoms with Crippen LogP contribution in [-0.2, 0) is 11.3 Å². The molecule has 0 bridgehead atoms. The van der Waals surface area contributed by atoms with Gasteiger partial charge in [0.1, 0.15) is 11.6 Å². The van der Waals surface area contributed by atoms with Gasteiger partial charge in [-0.05, 0) is 53.1 Å². The van der Waals surface area contributed by atoms with E-state index in [1.807, 2.05) is 24.3 Å². The van der Waals surface area contributed by atoms with Crippen LogP contribution in [-0.4, -0.2) is 34.1 Å². The normalized spacial score (nSPS) is 11.6. The number of nitrogens with zero attached hydrogens (tertiary/aromatic N) is 1. The lowest BCUT2D eigenvalue weighted by Gasteiger charge is -2.16. The molecule has 5 N–H and O–H groups in total. The van der Waals surface area contributed by atoms with Crippen molar-refractivity contribution in [1.29, 1.82) is 0 Å². The number of carbonyl (C=O) groups excluding carboxylic acids is 1. The summed E-state index contributed by atoms with van der Waals surface area (Å²) < 4.78 is 1.46. The molecule has 1 unspecified atom stereocenters. The molecule has 0 spiro atoms. The number of carbonyl (C=O) groups is 2. The van der Waals surface area contributed by atoms with Crippen molar-refractivity contribution in [2.24, 2.45) is 5.73 Å². The van der Waals surface area contributed by atoms with Crippen LogP contribution in [0.3, 0.4) is 0 Å². The van der Waals surface area contributed by atoms with E-state index in [4.69, 9.17) is 5.73 Å². The molecule has 0 radical (unpaired) electrons. The van der Waals surface area contributed by atoms with E-state index in [-0.39, 0.29) is 24.4 Å². The first-order chi connectivity index (χ1) is 17.7. The van der Waals surface area contributed by atoms with Gasteiger partial charge in [0.2, 0.25) is 0 Å². The maximum absolute atomic E-state index is 13.2. The van der Waals surface area contributed by atoms with Crippen LogP contribution in [0.4, 0.5) is 0 Å². The Kier molecular flexibility index (Phi) is 9.27. The second-order valence-electron chi connectivity index (χ2n) is 9.25. The summed E-state index contributed by atoms with van der Waals surface area (Å²) in [6, 6.07) is 18.1. The molecule has 0 saturated carbocycles. The van der Waals surface area contributed by atoms with Crippen molar-refractivity contribution in [3.8, 4) is 11.1 Å². The predicted molar refractivity (Wildman–Crippen MR) is 145 cm³/mol. The number of pyridine rings is 1. The lowest BCUT2D eigenvalue weighted by molar-refractivity contribution is -0.139. The van der Waals surface area contributed by atoms with E-state index in [0.717, 1.165) is 16.7 Å². The van der Waals surface area contributed by atoms with Crippen LogP contribution in [0.25, 0.3) is 11.1 Å². The Balaban J connectivity index is 1.79. The fraction of sp³-hybridized carbons (Fsp3) is 0.276. The number of rotatable bonds is 12. The van der Waals surface area contributed by atoms with Crippen molar-refractivity contribution in [2.45, 2.75) is 45.2 Å². The van der Waals surface area contributed by atoms with Crippen molar-refractivity contribution < 1.29 is 14.7 Å². The third kappa shape index (κ3) is 7.33. The molecule has 1 heterocycles. The Bertz CT molecular complexity index is 1310. The van der Waals surface area contributed by atoms with Crippen LogP contribution < -0.4 is 21.9 Å². The van der Waals surface area contributed by atoms with Gasteiger partial charge in [-0.1, -0.05) is 69.0 Å². The summed E-state index contributed by atoms with van der Waals surface area (Å²) in [6.45, 7) is 8.50. The molecular formula is C29H34N4O4. The molecule has 0 fully saturated rings. The van der Waals surface area contributed by atoms with Crippen LogP contribution >= 0.6 is 0 Å². The van der Waals surface area contributed by atoms with Gasteiger partial charge >= 0.3 is 5.97 Å². The summed E-state index contributed by atoms with van der Waals surface area (Å²) in [5.41, 5.74) is 9.06. The fourth-order valence-electron chi connectivity index (χ4n) is 4.05. The van der Waals surface area contributed by atoms with Crippen molar-refractivity contribution in [1.82, 2.24) is 15.2 Å². The summed E-state index contributed by atoms with van der Waals surface area (Å²) in [6.07, 6.45) is 2.24. The number of carboxylic acids is 1. The van der Waals surface area contributed by atoms with Crippen molar-refractivity contribution in [3.63, 3.8) is 0 Å². The van der Waals surface area contributed by atoms with E-state index in [9.17, 15) is 19.5 Å². The zero-order valence-electron chi connectivity index (χ0n) is 21.2. The van der Waals surface area contributed by atoms with Gasteiger partial charge in [-0.2, -0.15) is 0 Å². The van der Waals surface area contributed by atoms with E-state index in [1.165, 1.54) is 16.2 Å². The standard InChI is InChI=1S/C29H34N4O4/c1-19(2)21-12-14-22(15-13-21)24-9-5-4-8-23(24)18-33-17-7-10-25(28(33)35)27(34)32-26(29(36)37)11-6-16-31-20(3)30/h4-5,7-10,12-15,17,19,26,31H,3,6,11,16,18,30H2,1-2H3,(H,32,34)(H,36,37). The van der Waals surface area contributed by atoms with Gasteiger partial charge < -0.3 is 26.0 Å². The Morgan fingerprint density at radius 2 is 1.76 bits per heavy atom. The van der Waals surface area contributed by atoms with E-state index < -0.39 is 23.5 Å². The predicted octanol–water partition coefficient (Wildman–Crippen LogP) is 3.67. The highest BCUT2D eigenvalue weighted by Gasteiger charge is 2.22. The van der Waals surface area contributed by atoms with Crippen LogP contribution in [0, 0.1) is 0 Å². The molecule has 0 aliphatic carbocycles. The van der Waals surface area contributed by atoms with Gasteiger partial charge in [0.15, 0.2) is 0 Å². The number of aliphatic carboxylic acids is 1. The average molecular weight is 503 g/mol. The van der Waals surface area contributed by atoms with E-state index in [2.05, 4.69) is 55.3 Å². The molecule has 194 valence electrons. The summed E-state index contributed by atoms with van der Waals surface area (Å²) in [4.78, 5) is 37.7. The first-order valence-electron chi connectivity index (χ1n) is 12.3. The summed E-state index contributed by atoms with van der Waals surface area (Å²) >= 11 is 0. The zero-order valence-corrected chi connectivity index (χ0v) is 21.2. The molecule has 1 amide bonds. The monoisotopic (exact) mass is 502 g/mol. The zero-order chi connectivity index (χ0) is 26.9. The largest absolute Gasteiger partial charge is 0.480 e. The first kappa shape index (κ1) is 27.3. The molecule has 8 nitrogen and oxygen atoms in total. The fourth-order valence-corrected chi connectivity index (χ4v) is 4.05. The van der Waals surface area contributed by atoms with Crippen LogP contribution in [0.5, 0.6) is 0 Å². The van der Waals surface area contributed by atoms with Gasteiger partial charge in [-0.25, -0.2) is 4.79 Å². The number of amides is 1. The van der Waals surface area contributed by atoms with Gasteiger partial charge in [0.25, 0.3) is 11.5 Å². The van der Waals surface area contributed by atoms with Crippen molar-refractivity contribution in [2.75, 3.05) is 6.54 Å². The molecule has 0 aliphatic rings. The van der Waals surface area contributed by atoms with E-state index in [0.29, 0.717) is 18.9 Å². The second kappa shape index (κ2) is 12.6. The van der Waals surface area contributed by atoms with E-state index >= 15 is 0 Å². The number of benzene rings is 2. The summed E-state index contributed by atoms with van der Waals surface area (Å²) in [7, 11) is 0. The van der Waals surface area contributed by atoms with Crippen LogP contribution in [0.2, 0.25) is 0 Å². The first-order valence-corrected chi connectivity index (χ1v) is 12.3. The Morgan fingerprint density at radius 1 is 1.05 bits per heavy atom. The smallest absolute Gasteiger partial charge is 0.326 e. The highest BCUT2D eigenvalue weighted by molar-refractivity contribution is 5.96. The quantitative estimate of drug-likeness (QED) is 0.280. The summed E-state index contributed by atoms with van der Waals surface area (Å²) in [5, 5.41) is 14.8. The average Bonchev–Trinajstić information content (AvgIpc) is 2.87. The van der Waals surface area contributed by atoms with Gasteiger partial charge in [-0.15, -0.1) is 0 Å². The number of nitrogens with one attached hydrogen (secondary N) is 2. The molecule has 0 aliphatic heterocycles. The lowest BCUT2D eigenvalue weighted by atomic mass is 9.96. The van der Waals surface area contributed by atoms with Crippen LogP contribution in [0.15, 0.2) is 84.1 Å². The van der Waals surface area contributed by atoms with Gasteiger partial charge in [0, 0.05) is 12.7 Å². The number of carboxylic acid groups (broad SMARTS) is 1. The third-order valence-corrected chi connectivity index (χ3v) is 6.14. The van der Waals surface area contributed by atoms with Crippen molar-refractivity contribution in [3.05, 3.63) is 106 Å². The number of nitrogens with two attached hydrogens (primary N) is 1.